The first kappa shape index (κ1) is 26.2. The summed E-state index contributed by atoms with van der Waals surface area (Å²) in [6.07, 6.45) is 1.44. The molecule has 0 fully saturated rings. The zero-order valence-corrected chi connectivity index (χ0v) is 22.4. The third kappa shape index (κ3) is 4.23. The predicted octanol–water partition coefficient (Wildman–Crippen LogP) is 3.02. The molecule has 2 aromatic rings. The van der Waals surface area contributed by atoms with Crippen LogP contribution in [0.15, 0.2) is 47.5 Å². The van der Waals surface area contributed by atoms with Crippen LogP contribution in [0, 0.1) is 0 Å². The third-order valence-corrected chi connectivity index (χ3v) is 8.33. The maximum atomic E-state index is 13.6. The Bertz CT molecular complexity index is 1290. The summed E-state index contributed by atoms with van der Waals surface area (Å²) in [4.78, 5) is 33.3. The Hall–Kier alpha value is -3.43. The SMILES string of the molecule is CCC1(CC)CC(=O)N([C@H]2c3cc(C(=O)N[C@@H]4c5ccccc5C[C@H]4O)ccc3OC2(C)COC)C(N)=N1. The van der Waals surface area contributed by atoms with Crippen molar-refractivity contribution >= 4 is 17.8 Å². The molecule has 0 bridgehead atoms. The number of fused-ring (bicyclic) bond motifs is 2. The summed E-state index contributed by atoms with van der Waals surface area (Å²) in [5.41, 5.74) is 8.01. The topological polar surface area (TPSA) is 126 Å². The van der Waals surface area contributed by atoms with Gasteiger partial charge >= 0.3 is 0 Å². The molecule has 38 heavy (non-hydrogen) atoms. The highest BCUT2D eigenvalue weighted by Crippen LogP contribution is 2.48. The predicted molar refractivity (Wildman–Crippen MR) is 143 cm³/mol. The fourth-order valence-electron chi connectivity index (χ4n) is 6.18. The van der Waals surface area contributed by atoms with Gasteiger partial charge in [0.15, 0.2) is 11.6 Å². The van der Waals surface area contributed by atoms with Crippen LogP contribution in [0.4, 0.5) is 0 Å². The number of nitrogens with zero attached hydrogens (tertiary/aromatic N) is 2. The number of carbonyl (C=O) groups excluding carboxylic acids is 2. The summed E-state index contributed by atoms with van der Waals surface area (Å²) < 4.78 is 11.8. The van der Waals surface area contributed by atoms with E-state index in [0.29, 0.717) is 36.1 Å². The van der Waals surface area contributed by atoms with E-state index in [0.717, 1.165) is 11.1 Å². The molecule has 9 nitrogen and oxygen atoms in total. The fraction of sp³-hybridized carbons (Fsp3) is 0.483. The van der Waals surface area contributed by atoms with Gasteiger partial charge in [-0.15, -0.1) is 0 Å². The van der Waals surface area contributed by atoms with Crippen LogP contribution in [0.2, 0.25) is 0 Å². The highest BCUT2D eigenvalue weighted by molar-refractivity contribution is 6.00. The monoisotopic (exact) mass is 520 g/mol. The number of nitrogens with one attached hydrogen (secondary N) is 1. The van der Waals surface area contributed by atoms with E-state index in [2.05, 4.69) is 5.32 Å². The minimum absolute atomic E-state index is 0.134. The standard InChI is InChI=1S/C29H36N4O5/c1-5-29(6-2)15-23(35)33(27(30)32-29)25-20-13-18(11-12-22(20)38-28(25,3)16-37-4)26(36)31-24-19-10-8-7-9-17(19)14-21(24)34/h7-13,21,24-25,34H,5-6,14-16H2,1-4H3,(H2,30,32)(H,31,36)/t21-,24-,25+,28?/m1/s1. The lowest BCUT2D eigenvalue weighted by atomic mass is 9.85. The Morgan fingerprint density at radius 2 is 1.97 bits per heavy atom. The first-order valence-electron chi connectivity index (χ1n) is 13.2. The highest BCUT2D eigenvalue weighted by atomic mass is 16.5. The molecule has 3 aliphatic rings. The van der Waals surface area contributed by atoms with Gasteiger partial charge in [0.25, 0.3) is 5.91 Å². The highest BCUT2D eigenvalue weighted by Gasteiger charge is 2.53. The van der Waals surface area contributed by atoms with Gasteiger partial charge in [-0.3, -0.25) is 14.5 Å². The number of rotatable bonds is 7. The van der Waals surface area contributed by atoms with Gasteiger partial charge in [-0.25, -0.2) is 4.99 Å². The number of amides is 2. The van der Waals surface area contributed by atoms with E-state index in [1.54, 1.807) is 25.3 Å². The Labute approximate surface area is 223 Å². The van der Waals surface area contributed by atoms with Gasteiger partial charge in [0.1, 0.15) is 11.8 Å². The second kappa shape index (κ2) is 9.71. The van der Waals surface area contributed by atoms with Crippen molar-refractivity contribution in [3.05, 3.63) is 64.7 Å². The molecule has 4 N–H and O–H groups in total. The number of aliphatic imine (C=N–C) groups is 1. The number of benzene rings is 2. The van der Waals surface area contributed by atoms with Crippen LogP contribution < -0.4 is 15.8 Å². The summed E-state index contributed by atoms with van der Waals surface area (Å²) in [5, 5.41) is 13.6. The van der Waals surface area contributed by atoms with E-state index < -0.39 is 29.3 Å². The first-order valence-corrected chi connectivity index (χ1v) is 13.2. The van der Waals surface area contributed by atoms with Gasteiger partial charge in [-0.05, 0) is 49.1 Å². The van der Waals surface area contributed by atoms with Crippen LogP contribution in [0.25, 0.3) is 0 Å². The zero-order chi connectivity index (χ0) is 27.2. The molecule has 4 atom stereocenters. The van der Waals surface area contributed by atoms with Gasteiger partial charge in [0.2, 0.25) is 5.91 Å². The minimum atomic E-state index is -0.943. The summed E-state index contributed by atoms with van der Waals surface area (Å²) in [7, 11) is 1.58. The maximum absolute atomic E-state index is 13.6. The van der Waals surface area contributed by atoms with Crippen LogP contribution in [0.3, 0.4) is 0 Å². The second-order valence-electron chi connectivity index (χ2n) is 10.8. The van der Waals surface area contributed by atoms with Crippen molar-refractivity contribution in [1.82, 2.24) is 10.2 Å². The Kier molecular flexibility index (Phi) is 6.69. The molecule has 0 saturated heterocycles. The zero-order valence-electron chi connectivity index (χ0n) is 22.4. The largest absolute Gasteiger partial charge is 0.482 e. The van der Waals surface area contributed by atoms with Crippen molar-refractivity contribution in [3.63, 3.8) is 0 Å². The molecule has 2 aliphatic heterocycles. The van der Waals surface area contributed by atoms with Crippen LogP contribution in [0.1, 0.15) is 79.2 Å². The summed E-state index contributed by atoms with van der Waals surface area (Å²) in [5.74, 6) is 0.246. The van der Waals surface area contributed by atoms with E-state index in [9.17, 15) is 14.7 Å². The summed E-state index contributed by atoms with van der Waals surface area (Å²) in [6.45, 7) is 6.09. The van der Waals surface area contributed by atoms with E-state index in [4.69, 9.17) is 20.2 Å². The van der Waals surface area contributed by atoms with Crippen LogP contribution in [-0.4, -0.2) is 58.7 Å². The van der Waals surface area contributed by atoms with E-state index >= 15 is 0 Å². The quantitative estimate of drug-likeness (QED) is 0.515. The lowest BCUT2D eigenvalue weighted by Gasteiger charge is -2.42. The molecule has 5 rings (SSSR count). The number of hydrogen-bond donors (Lipinski definition) is 3. The molecule has 9 heteroatoms. The van der Waals surface area contributed by atoms with Crippen molar-refractivity contribution in [3.8, 4) is 5.75 Å². The molecular formula is C29H36N4O5. The lowest BCUT2D eigenvalue weighted by Crippen LogP contribution is -2.58. The fourth-order valence-corrected chi connectivity index (χ4v) is 6.18. The number of methoxy groups -OCH3 is 1. The van der Waals surface area contributed by atoms with Crippen molar-refractivity contribution in [2.45, 2.75) is 75.8 Å². The molecule has 0 radical (unpaired) electrons. The molecule has 202 valence electrons. The third-order valence-electron chi connectivity index (χ3n) is 8.33. The average Bonchev–Trinajstić information content (AvgIpc) is 3.36. The Morgan fingerprint density at radius 1 is 1.24 bits per heavy atom. The van der Waals surface area contributed by atoms with Crippen molar-refractivity contribution in [1.29, 1.82) is 0 Å². The molecule has 2 heterocycles. The normalized spacial score (nSPS) is 27.4. The smallest absolute Gasteiger partial charge is 0.251 e. The van der Waals surface area contributed by atoms with Crippen LogP contribution >= 0.6 is 0 Å². The van der Waals surface area contributed by atoms with E-state index in [1.165, 1.54) is 4.90 Å². The van der Waals surface area contributed by atoms with Crippen LogP contribution in [-0.2, 0) is 16.0 Å². The average molecular weight is 521 g/mol. The van der Waals surface area contributed by atoms with Crippen LogP contribution in [0.5, 0.6) is 5.75 Å². The van der Waals surface area contributed by atoms with Crippen molar-refractivity contribution < 1.29 is 24.2 Å². The molecule has 1 unspecified atom stereocenters. The van der Waals surface area contributed by atoms with Gasteiger partial charge < -0.3 is 25.6 Å². The molecule has 2 aromatic carbocycles. The molecule has 2 amide bonds. The summed E-state index contributed by atoms with van der Waals surface area (Å²) >= 11 is 0. The molecule has 0 saturated carbocycles. The Balaban J connectivity index is 1.50. The number of guanidine groups is 1. The van der Waals surface area contributed by atoms with E-state index in [-0.39, 0.29) is 30.8 Å². The first-order chi connectivity index (χ1) is 18.1. The van der Waals surface area contributed by atoms with Gasteiger partial charge in [-0.1, -0.05) is 38.1 Å². The molecule has 0 spiro atoms. The maximum Gasteiger partial charge on any atom is 0.251 e. The van der Waals surface area contributed by atoms with Gasteiger partial charge in [0, 0.05) is 24.7 Å². The van der Waals surface area contributed by atoms with Gasteiger partial charge in [-0.2, -0.15) is 0 Å². The number of aliphatic hydroxyl groups excluding tert-OH is 1. The minimum Gasteiger partial charge on any atom is -0.482 e. The van der Waals surface area contributed by atoms with Gasteiger partial charge in [0.05, 0.1) is 30.7 Å². The van der Waals surface area contributed by atoms with Crippen molar-refractivity contribution in [2.75, 3.05) is 13.7 Å². The lowest BCUT2D eigenvalue weighted by molar-refractivity contribution is -0.135. The number of carbonyl (C=O) groups is 2. The number of aliphatic hydroxyl groups is 1. The summed E-state index contributed by atoms with van der Waals surface area (Å²) in [6, 6.07) is 11.7. The Morgan fingerprint density at radius 3 is 2.66 bits per heavy atom. The number of hydrogen-bond acceptors (Lipinski definition) is 7. The number of ether oxygens (including phenoxy) is 2. The van der Waals surface area contributed by atoms with E-state index in [1.807, 2.05) is 45.0 Å². The molecule has 1 aliphatic carbocycles. The second-order valence-corrected chi connectivity index (χ2v) is 10.8. The number of nitrogens with two attached hydrogens (primary N) is 1. The van der Waals surface area contributed by atoms with Crippen molar-refractivity contribution in [2.24, 2.45) is 10.7 Å². The molecule has 0 aromatic heterocycles. The molecular weight excluding hydrogens is 484 g/mol.